The molecule has 18 heavy (non-hydrogen) atoms. The third-order valence-electron chi connectivity index (χ3n) is 2.99. The van der Waals surface area contributed by atoms with Gasteiger partial charge in [0.2, 0.25) is 0 Å². The number of nitrogens with one attached hydrogen (secondary N) is 1. The molecule has 1 N–H and O–H groups in total. The minimum atomic E-state index is -0.249. The zero-order valence-electron chi connectivity index (χ0n) is 11.6. The van der Waals surface area contributed by atoms with Gasteiger partial charge in [-0.3, -0.25) is 4.79 Å². The molecule has 102 valence electrons. The molecule has 0 aliphatic heterocycles. The molecule has 0 aliphatic carbocycles. The van der Waals surface area contributed by atoms with Crippen molar-refractivity contribution in [3.8, 4) is 0 Å². The van der Waals surface area contributed by atoms with E-state index < -0.39 is 0 Å². The van der Waals surface area contributed by atoms with Crippen LogP contribution in [0.3, 0.4) is 0 Å². The monoisotopic (exact) mass is 253 g/mol. The van der Waals surface area contributed by atoms with Gasteiger partial charge in [0, 0.05) is 12.5 Å². The van der Waals surface area contributed by atoms with Gasteiger partial charge in [0.25, 0.3) is 0 Å². The first-order chi connectivity index (χ1) is 8.54. The van der Waals surface area contributed by atoms with Crippen LogP contribution in [-0.2, 0) is 16.0 Å². The van der Waals surface area contributed by atoms with Gasteiger partial charge in [0.15, 0.2) is 0 Å². The zero-order valence-corrected chi connectivity index (χ0v) is 11.6. The van der Waals surface area contributed by atoms with Gasteiger partial charge in [-0.15, -0.1) is 0 Å². The molecule has 0 aliphatic rings. The number of hydrogen-bond acceptors (Lipinski definition) is 4. The number of carbonyl (C=O) groups excluding carboxylic acids is 1. The second-order valence-corrected chi connectivity index (χ2v) is 4.93. The van der Waals surface area contributed by atoms with Crippen LogP contribution < -0.4 is 5.32 Å². The number of methoxy groups -OCH3 is 1. The Hall–Kier alpha value is -1.29. The molecule has 4 heteroatoms. The van der Waals surface area contributed by atoms with Crippen molar-refractivity contribution in [3.05, 3.63) is 24.2 Å². The normalized spacial score (nSPS) is 14.5. The van der Waals surface area contributed by atoms with Crippen LogP contribution >= 0.6 is 0 Å². The first-order valence-electron chi connectivity index (χ1n) is 6.40. The Labute approximate surface area is 109 Å². The number of aryl methyl sites for hydroxylation is 1. The zero-order chi connectivity index (χ0) is 13.5. The average Bonchev–Trinajstić information content (AvgIpc) is 2.85. The second kappa shape index (κ2) is 7.21. The highest BCUT2D eigenvalue weighted by Crippen LogP contribution is 2.09. The van der Waals surface area contributed by atoms with Crippen LogP contribution in [-0.4, -0.2) is 25.2 Å². The quantitative estimate of drug-likeness (QED) is 0.758. The van der Waals surface area contributed by atoms with E-state index in [-0.39, 0.29) is 24.0 Å². The van der Waals surface area contributed by atoms with Gasteiger partial charge < -0.3 is 14.5 Å². The van der Waals surface area contributed by atoms with Gasteiger partial charge in [-0.25, -0.2) is 0 Å². The highest BCUT2D eigenvalue weighted by Gasteiger charge is 2.24. The molecule has 2 atom stereocenters. The van der Waals surface area contributed by atoms with Crippen LogP contribution in [0.1, 0.15) is 33.0 Å². The predicted molar refractivity (Wildman–Crippen MR) is 70.3 cm³/mol. The van der Waals surface area contributed by atoms with E-state index >= 15 is 0 Å². The summed E-state index contributed by atoms with van der Waals surface area (Å²) in [5.74, 6) is 0.987. The fraction of sp³-hybridized carbons (Fsp3) is 0.643. The van der Waals surface area contributed by atoms with E-state index in [0.29, 0.717) is 0 Å². The summed E-state index contributed by atoms with van der Waals surface area (Å²) in [5, 5.41) is 3.31. The first kappa shape index (κ1) is 14.8. The number of hydrogen-bond donors (Lipinski definition) is 1. The van der Waals surface area contributed by atoms with Crippen LogP contribution in [0.4, 0.5) is 0 Å². The lowest BCUT2D eigenvalue weighted by molar-refractivity contribution is -0.144. The molecule has 0 saturated heterocycles. The Morgan fingerprint density at radius 2 is 2.17 bits per heavy atom. The molecule has 0 spiro atoms. The Kier molecular flexibility index (Phi) is 5.92. The Morgan fingerprint density at radius 1 is 1.44 bits per heavy atom. The Bertz CT molecular complexity index is 346. The Balaban J connectivity index is 2.41. The highest BCUT2D eigenvalue weighted by molar-refractivity contribution is 5.75. The lowest BCUT2D eigenvalue weighted by Crippen LogP contribution is -2.46. The standard InChI is InChI=1S/C14H23NO3/c1-10(2)13(14(16)17-4)15-11(3)7-8-12-6-5-9-18-12/h5-6,9-11,13,15H,7-8H2,1-4H3/t11?,13-/m1/s1. The van der Waals surface area contributed by atoms with Crippen molar-refractivity contribution in [2.24, 2.45) is 5.92 Å². The van der Waals surface area contributed by atoms with Crippen LogP contribution in [0.5, 0.6) is 0 Å². The molecule has 1 aromatic rings. The van der Waals surface area contributed by atoms with E-state index in [2.05, 4.69) is 12.2 Å². The number of ether oxygens (including phenoxy) is 1. The summed E-state index contributed by atoms with van der Waals surface area (Å²) in [6.07, 6.45) is 3.47. The fourth-order valence-electron chi connectivity index (χ4n) is 1.86. The lowest BCUT2D eigenvalue weighted by atomic mass is 10.0. The number of esters is 1. The van der Waals surface area contributed by atoms with E-state index in [4.69, 9.17) is 9.15 Å². The van der Waals surface area contributed by atoms with Crippen LogP contribution in [0.15, 0.2) is 22.8 Å². The van der Waals surface area contributed by atoms with Crippen molar-refractivity contribution >= 4 is 5.97 Å². The molecule has 0 amide bonds. The number of carbonyl (C=O) groups is 1. The third-order valence-corrected chi connectivity index (χ3v) is 2.99. The van der Waals surface area contributed by atoms with Crippen molar-refractivity contribution in [2.75, 3.05) is 7.11 Å². The van der Waals surface area contributed by atoms with Crippen molar-refractivity contribution in [1.82, 2.24) is 5.32 Å². The minimum Gasteiger partial charge on any atom is -0.469 e. The van der Waals surface area contributed by atoms with E-state index in [0.717, 1.165) is 18.6 Å². The maximum atomic E-state index is 11.6. The summed E-state index contributed by atoms with van der Waals surface area (Å²) in [5.41, 5.74) is 0. The third kappa shape index (κ3) is 4.53. The Morgan fingerprint density at radius 3 is 2.67 bits per heavy atom. The molecule has 0 bridgehead atoms. The average molecular weight is 253 g/mol. The molecule has 1 heterocycles. The van der Waals surface area contributed by atoms with Crippen LogP contribution in [0, 0.1) is 5.92 Å². The highest BCUT2D eigenvalue weighted by atomic mass is 16.5. The first-order valence-corrected chi connectivity index (χ1v) is 6.40. The van der Waals surface area contributed by atoms with Crippen molar-refractivity contribution in [2.45, 2.75) is 45.7 Å². The number of rotatable bonds is 7. The van der Waals surface area contributed by atoms with Gasteiger partial charge in [-0.2, -0.15) is 0 Å². The summed E-state index contributed by atoms with van der Waals surface area (Å²) in [4.78, 5) is 11.6. The molecule has 1 aromatic heterocycles. The summed E-state index contributed by atoms with van der Waals surface area (Å²) < 4.78 is 10.1. The van der Waals surface area contributed by atoms with Gasteiger partial charge >= 0.3 is 5.97 Å². The summed E-state index contributed by atoms with van der Waals surface area (Å²) in [6, 6.07) is 3.84. The minimum absolute atomic E-state index is 0.199. The SMILES string of the molecule is COC(=O)[C@H](NC(C)CCc1ccco1)C(C)C. The van der Waals surface area contributed by atoms with E-state index in [9.17, 15) is 4.79 Å². The molecular weight excluding hydrogens is 230 g/mol. The molecule has 1 rings (SSSR count). The lowest BCUT2D eigenvalue weighted by Gasteiger charge is -2.24. The largest absolute Gasteiger partial charge is 0.469 e. The molecular formula is C14H23NO3. The maximum absolute atomic E-state index is 11.6. The molecule has 1 unspecified atom stereocenters. The van der Waals surface area contributed by atoms with E-state index in [1.165, 1.54) is 7.11 Å². The fourth-order valence-corrected chi connectivity index (χ4v) is 1.86. The summed E-state index contributed by atoms with van der Waals surface area (Å²) >= 11 is 0. The molecule has 0 radical (unpaired) electrons. The number of furan rings is 1. The molecule has 0 fully saturated rings. The van der Waals surface area contributed by atoms with Crippen molar-refractivity contribution in [3.63, 3.8) is 0 Å². The molecule has 0 aromatic carbocycles. The van der Waals surface area contributed by atoms with Crippen LogP contribution in [0.2, 0.25) is 0 Å². The second-order valence-electron chi connectivity index (χ2n) is 4.93. The van der Waals surface area contributed by atoms with Gasteiger partial charge in [0.05, 0.1) is 13.4 Å². The summed E-state index contributed by atoms with van der Waals surface area (Å²) in [7, 11) is 1.42. The molecule has 0 saturated carbocycles. The van der Waals surface area contributed by atoms with Crippen molar-refractivity contribution < 1.29 is 13.9 Å². The van der Waals surface area contributed by atoms with E-state index in [1.807, 2.05) is 26.0 Å². The predicted octanol–water partition coefficient (Wildman–Crippen LogP) is 2.39. The summed E-state index contributed by atoms with van der Waals surface area (Å²) in [6.45, 7) is 6.09. The van der Waals surface area contributed by atoms with Crippen LogP contribution in [0.25, 0.3) is 0 Å². The van der Waals surface area contributed by atoms with Crippen molar-refractivity contribution in [1.29, 1.82) is 0 Å². The maximum Gasteiger partial charge on any atom is 0.323 e. The topological polar surface area (TPSA) is 51.5 Å². The van der Waals surface area contributed by atoms with E-state index in [1.54, 1.807) is 6.26 Å². The van der Waals surface area contributed by atoms with Gasteiger partial charge in [-0.1, -0.05) is 13.8 Å². The smallest absolute Gasteiger partial charge is 0.323 e. The van der Waals surface area contributed by atoms with Gasteiger partial charge in [0.1, 0.15) is 11.8 Å². The molecule has 4 nitrogen and oxygen atoms in total. The van der Waals surface area contributed by atoms with Gasteiger partial charge in [-0.05, 0) is 31.4 Å².